The number of Topliss-reactive ketones (excluding diaryl/α,β-unsaturated/α-hetero) is 1. The van der Waals surface area contributed by atoms with Crippen molar-refractivity contribution in [1.29, 1.82) is 0 Å². The Balaban J connectivity index is 4.22. The summed E-state index contributed by atoms with van der Waals surface area (Å²) in [7, 11) is 0. The number of unbranched alkanes of at least 4 members (excludes halogenated alkanes) is 1. The number of carbonyl (C=O) groups is 2. The molecule has 0 aliphatic carbocycles. The number of ketones is 1. The molecule has 16 heavy (non-hydrogen) atoms. The van der Waals surface area contributed by atoms with Gasteiger partial charge in [-0.3, -0.25) is 9.59 Å². The second kappa shape index (κ2) is 8.31. The third-order valence-electron chi connectivity index (χ3n) is 2.65. The van der Waals surface area contributed by atoms with Gasteiger partial charge < -0.3 is 4.74 Å². The summed E-state index contributed by atoms with van der Waals surface area (Å²) in [5, 5.41) is 0. The topological polar surface area (TPSA) is 43.4 Å². The molecule has 0 spiro atoms. The quantitative estimate of drug-likeness (QED) is 0.600. The summed E-state index contributed by atoms with van der Waals surface area (Å²) in [4.78, 5) is 23.2. The molecule has 0 saturated heterocycles. The molecule has 0 fully saturated rings. The van der Waals surface area contributed by atoms with Crippen LogP contribution in [0.4, 0.5) is 0 Å². The van der Waals surface area contributed by atoms with Gasteiger partial charge in [0.05, 0.1) is 12.5 Å². The van der Waals surface area contributed by atoms with E-state index in [-0.39, 0.29) is 23.6 Å². The zero-order chi connectivity index (χ0) is 12.6. The van der Waals surface area contributed by atoms with Crippen molar-refractivity contribution < 1.29 is 14.3 Å². The molecule has 0 aromatic carbocycles. The fourth-order valence-corrected chi connectivity index (χ4v) is 1.56. The molecule has 0 aromatic heterocycles. The molecule has 0 N–H and O–H groups in total. The van der Waals surface area contributed by atoms with Gasteiger partial charge >= 0.3 is 5.97 Å². The molecule has 0 heterocycles. The summed E-state index contributed by atoms with van der Waals surface area (Å²) in [5.74, 6) is -0.176. The summed E-state index contributed by atoms with van der Waals surface area (Å²) in [5.41, 5.74) is 0. The van der Waals surface area contributed by atoms with E-state index in [0.717, 1.165) is 12.8 Å². The first kappa shape index (κ1) is 15.1. The van der Waals surface area contributed by atoms with E-state index >= 15 is 0 Å². The zero-order valence-corrected chi connectivity index (χ0v) is 10.9. The molecule has 0 bridgehead atoms. The molecule has 0 rings (SSSR count). The maximum Gasteiger partial charge on any atom is 0.309 e. The largest absolute Gasteiger partial charge is 0.466 e. The molecule has 94 valence electrons. The Bertz CT molecular complexity index is 221. The minimum absolute atomic E-state index is 0.157. The monoisotopic (exact) mass is 228 g/mol. The number of hydrogen-bond acceptors (Lipinski definition) is 3. The molecule has 0 aromatic rings. The predicted molar refractivity (Wildman–Crippen MR) is 64.1 cm³/mol. The van der Waals surface area contributed by atoms with E-state index in [9.17, 15) is 9.59 Å². The van der Waals surface area contributed by atoms with E-state index in [1.165, 1.54) is 0 Å². The van der Waals surface area contributed by atoms with Crippen LogP contribution in [-0.2, 0) is 14.3 Å². The second-order valence-electron chi connectivity index (χ2n) is 4.45. The van der Waals surface area contributed by atoms with E-state index in [4.69, 9.17) is 4.74 Å². The van der Waals surface area contributed by atoms with Crippen molar-refractivity contribution in [3.05, 3.63) is 0 Å². The lowest BCUT2D eigenvalue weighted by Gasteiger charge is -2.18. The third-order valence-corrected chi connectivity index (χ3v) is 2.65. The summed E-state index contributed by atoms with van der Waals surface area (Å²) in [6.45, 7) is 8.13. The highest BCUT2D eigenvalue weighted by atomic mass is 16.5. The van der Waals surface area contributed by atoms with Crippen LogP contribution in [0.5, 0.6) is 0 Å². The molecule has 1 unspecified atom stereocenters. The predicted octanol–water partition coefficient (Wildman–Crippen LogP) is 2.97. The minimum Gasteiger partial charge on any atom is -0.466 e. The highest BCUT2D eigenvalue weighted by Gasteiger charge is 2.25. The number of ether oxygens (including phenoxy) is 1. The Morgan fingerprint density at radius 1 is 1.19 bits per heavy atom. The van der Waals surface area contributed by atoms with Gasteiger partial charge in [0.2, 0.25) is 0 Å². The molecular formula is C13H24O3. The van der Waals surface area contributed by atoms with Crippen LogP contribution in [0, 0.1) is 11.8 Å². The van der Waals surface area contributed by atoms with Crippen molar-refractivity contribution in [2.24, 2.45) is 11.8 Å². The number of esters is 1. The van der Waals surface area contributed by atoms with Gasteiger partial charge in [-0.15, -0.1) is 0 Å². The highest BCUT2D eigenvalue weighted by Crippen LogP contribution is 2.19. The molecule has 3 heteroatoms. The van der Waals surface area contributed by atoms with Crippen molar-refractivity contribution in [1.82, 2.24) is 0 Å². The Kier molecular flexibility index (Phi) is 7.86. The SMILES string of the molecule is CCCCC(=O)CC(C(=O)OCC)C(C)C. The van der Waals surface area contributed by atoms with Crippen LogP contribution in [0.3, 0.4) is 0 Å². The van der Waals surface area contributed by atoms with Crippen LogP contribution in [0.25, 0.3) is 0 Å². The third kappa shape index (κ3) is 5.89. The zero-order valence-electron chi connectivity index (χ0n) is 10.9. The molecule has 1 atom stereocenters. The van der Waals surface area contributed by atoms with Gasteiger partial charge in [0.1, 0.15) is 5.78 Å². The fourth-order valence-electron chi connectivity index (χ4n) is 1.56. The van der Waals surface area contributed by atoms with E-state index in [1.807, 2.05) is 13.8 Å². The van der Waals surface area contributed by atoms with Crippen molar-refractivity contribution >= 4 is 11.8 Å². The lowest BCUT2D eigenvalue weighted by molar-refractivity contribution is -0.151. The molecule has 0 amide bonds. The maximum atomic E-state index is 11.6. The molecular weight excluding hydrogens is 204 g/mol. The first-order chi connectivity index (χ1) is 7.52. The Morgan fingerprint density at radius 2 is 1.81 bits per heavy atom. The second-order valence-corrected chi connectivity index (χ2v) is 4.45. The van der Waals surface area contributed by atoms with Crippen LogP contribution in [-0.4, -0.2) is 18.4 Å². The van der Waals surface area contributed by atoms with Crippen LogP contribution in [0.1, 0.15) is 53.4 Å². The smallest absolute Gasteiger partial charge is 0.309 e. The van der Waals surface area contributed by atoms with Gasteiger partial charge in [0.25, 0.3) is 0 Å². The van der Waals surface area contributed by atoms with Crippen molar-refractivity contribution in [3.63, 3.8) is 0 Å². The first-order valence-electron chi connectivity index (χ1n) is 6.21. The van der Waals surface area contributed by atoms with Gasteiger partial charge in [-0.25, -0.2) is 0 Å². The van der Waals surface area contributed by atoms with E-state index in [0.29, 0.717) is 19.4 Å². The van der Waals surface area contributed by atoms with Crippen molar-refractivity contribution in [2.75, 3.05) is 6.61 Å². The summed E-state index contributed by atoms with van der Waals surface area (Å²) in [6.07, 6.45) is 2.83. The lowest BCUT2D eigenvalue weighted by atomic mass is 9.89. The van der Waals surface area contributed by atoms with Gasteiger partial charge in [-0.2, -0.15) is 0 Å². The van der Waals surface area contributed by atoms with Gasteiger partial charge in [0.15, 0.2) is 0 Å². The van der Waals surface area contributed by atoms with Gasteiger partial charge in [0, 0.05) is 12.8 Å². The summed E-state index contributed by atoms with van der Waals surface area (Å²) in [6, 6.07) is 0. The van der Waals surface area contributed by atoms with Crippen LogP contribution < -0.4 is 0 Å². The Labute approximate surface area is 98.6 Å². The molecule has 0 aliphatic rings. The summed E-state index contributed by atoms with van der Waals surface area (Å²) < 4.78 is 4.98. The molecule has 0 aliphatic heterocycles. The first-order valence-corrected chi connectivity index (χ1v) is 6.21. The lowest BCUT2D eigenvalue weighted by Crippen LogP contribution is -2.25. The maximum absolute atomic E-state index is 11.6. The van der Waals surface area contributed by atoms with Gasteiger partial charge in [-0.05, 0) is 19.3 Å². The number of rotatable bonds is 8. The minimum atomic E-state index is -0.274. The Hall–Kier alpha value is -0.860. The average Bonchev–Trinajstić information content (AvgIpc) is 2.22. The Morgan fingerprint density at radius 3 is 2.25 bits per heavy atom. The molecule has 0 saturated carbocycles. The van der Waals surface area contributed by atoms with Crippen molar-refractivity contribution in [3.8, 4) is 0 Å². The van der Waals surface area contributed by atoms with Crippen molar-refractivity contribution in [2.45, 2.75) is 53.4 Å². The van der Waals surface area contributed by atoms with Gasteiger partial charge in [-0.1, -0.05) is 27.2 Å². The fraction of sp³-hybridized carbons (Fsp3) is 0.846. The number of carbonyl (C=O) groups excluding carboxylic acids is 2. The highest BCUT2D eigenvalue weighted by molar-refractivity contribution is 5.84. The normalized spacial score (nSPS) is 12.6. The van der Waals surface area contributed by atoms with Crippen LogP contribution >= 0.6 is 0 Å². The average molecular weight is 228 g/mol. The summed E-state index contributed by atoms with van der Waals surface area (Å²) >= 11 is 0. The van der Waals surface area contributed by atoms with E-state index in [1.54, 1.807) is 6.92 Å². The molecule has 0 radical (unpaired) electrons. The van der Waals surface area contributed by atoms with Crippen LogP contribution in [0.2, 0.25) is 0 Å². The van der Waals surface area contributed by atoms with E-state index in [2.05, 4.69) is 6.92 Å². The molecule has 3 nitrogen and oxygen atoms in total. The number of hydrogen-bond donors (Lipinski definition) is 0. The standard InChI is InChI=1S/C13H24O3/c1-5-7-8-11(14)9-12(10(3)4)13(15)16-6-2/h10,12H,5-9H2,1-4H3. The van der Waals surface area contributed by atoms with E-state index < -0.39 is 0 Å². The van der Waals surface area contributed by atoms with Crippen LogP contribution in [0.15, 0.2) is 0 Å².